The van der Waals surface area contributed by atoms with Gasteiger partial charge in [0.05, 0.1) is 13.2 Å². The summed E-state index contributed by atoms with van der Waals surface area (Å²) < 4.78 is 21.6. The third-order valence-corrected chi connectivity index (χ3v) is 5.09. The highest BCUT2D eigenvalue weighted by atomic mass is 16.7. The minimum atomic E-state index is -1.70. The van der Waals surface area contributed by atoms with Gasteiger partial charge in [0.1, 0.15) is 48.8 Å². The van der Waals surface area contributed by atoms with Crippen LogP contribution >= 0.6 is 0 Å². The highest BCUT2D eigenvalue weighted by molar-refractivity contribution is 4.94. The topological polar surface area (TPSA) is 205 Å². The number of rotatable bonds is 10. The van der Waals surface area contributed by atoms with E-state index in [4.69, 9.17) is 24.7 Å². The van der Waals surface area contributed by atoms with Gasteiger partial charge in [-0.25, -0.2) is 0 Å². The maximum Gasteiger partial charge on any atom is 0.187 e. The van der Waals surface area contributed by atoms with Crippen molar-refractivity contribution in [1.29, 1.82) is 0 Å². The van der Waals surface area contributed by atoms with Crippen LogP contribution in [0, 0.1) is 0 Å². The van der Waals surface area contributed by atoms with Crippen LogP contribution in [-0.2, 0) is 18.9 Å². The van der Waals surface area contributed by atoms with E-state index in [2.05, 4.69) is 0 Å². The van der Waals surface area contributed by atoms with Gasteiger partial charge in [-0.1, -0.05) is 0 Å². The molecule has 0 saturated carbocycles. The molecule has 2 saturated heterocycles. The Hall–Kier alpha value is -0.480. The Morgan fingerprint density at radius 3 is 1.93 bits per heavy atom. The monoisotopic (exact) mass is 427 g/mol. The summed E-state index contributed by atoms with van der Waals surface area (Å²) in [5, 5.41) is 69.3. The summed E-state index contributed by atoms with van der Waals surface area (Å²) in [5.41, 5.74) is 5.41. The number of aliphatic hydroxyl groups is 7. The predicted molar refractivity (Wildman–Crippen MR) is 95.3 cm³/mol. The molecule has 0 aromatic carbocycles. The zero-order chi connectivity index (χ0) is 21.6. The van der Waals surface area contributed by atoms with Gasteiger partial charge in [-0.05, 0) is 25.8 Å². The Morgan fingerprint density at radius 2 is 1.31 bits per heavy atom. The molecule has 0 aromatic heterocycles. The molecule has 2 aliphatic heterocycles. The third kappa shape index (κ3) is 6.03. The Morgan fingerprint density at radius 1 is 0.690 bits per heavy atom. The number of aliphatic hydroxyl groups excluding tert-OH is 7. The number of unbranched alkanes of at least 4 members (excludes halogenated alkanes) is 2. The zero-order valence-corrected chi connectivity index (χ0v) is 16.1. The van der Waals surface area contributed by atoms with E-state index in [1.165, 1.54) is 0 Å². The van der Waals surface area contributed by atoms with Crippen LogP contribution in [0.25, 0.3) is 0 Å². The molecule has 2 aliphatic rings. The molecule has 2 rings (SSSR count). The highest BCUT2D eigenvalue weighted by Gasteiger charge is 2.50. The molecule has 172 valence electrons. The van der Waals surface area contributed by atoms with Gasteiger partial charge in [0.2, 0.25) is 0 Å². The standard InChI is InChI=1S/C17H33NO11/c18-4-2-1-3-5-26-16-14(25)12(23)15(9(7-20)28-16)29-17-13(24)11(22)10(21)8(6-19)27-17/h8-17,19-25H,1-7,18H2/t8?,9?,10-,11+,12-,13?,14?,15-,16-,17+/m1/s1. The molecule has 0 radical (unpaired) electrons. The van der Waals surface area contributed by atoms with E-state index >= 15 is 0 Å². The lowest BCUT2D eigenvalue weighted by Crippen LogP contribution is -2.64. The second-order valence-electron chi connectivity index (χ2n) is 7.22. The van der Waals surface area contributed by atoms with E-state index in [-0.39, 0.29) is 6.61 Å². The largest absolute Gasteiger partial charge is 0.394 e. The molecular weight excluding hydrogens is 394 g/mol. The fourth-order valence-corrected chi connectivity index (χ4v) is 3.32. The molecule has 0 amide bonds. The first-order valence-electron chi connectivity index (χ1n) is 9.75. The minimum absolute atomic E-state index is 0.255. The molecule has 12 nitrogen and oxygen atoms in total. The molecule has 10 atom stereocenters. The summed E-state index contributed by atoms with van der Waals surface area (Å²) in [5.74, 6) is 0. The van der Waals surface area contributed by atoms with Crippen molar-refractivity contribution in [2.75, 3.05) is 26.4 Å². The number of hydrogen-bond acceptors (Lipinski definition) is 12. The zero-order valence-electron chi connectivity index (χ0n) is 16.1. The molecule has 0 spiro atoms. The van der Waals surface area contributed by atoms with Crippen molar-refractivity contribution < 1.29 is 54.7 Å². The SMILES string of the molecule is NCCCCCO[C@@H]1OC(CO)[C@@H](O[C@@H]2OC(CO)[C@@H](O)[C@H](O)C2O)[C@H](O)C1O. The molecule has 0 bridgehead atoms. The molecule has 4 unspecified atom stereocenters. The van der Waals surface area contributed by atoms with E-state index in [9.17, 15) is 35.7 Å². The van der Waals surface area contributed by atoms with Gasteiger partial charge in [0.25, 0.3) is 0 Å². The van der Waals surface area contributed by atoms with Crippen LogP contribution in [0.4, 0.5) is 0 Å². The van der Waals surface area contributed by atoms with Crippen LogP contribution < -0.4 is 5.73 Å². The lowest BCUT2D eigenvalue weighted by molar-refractivity contribution is -0.359. The van der Waals surface area contributed by atoms with Crippen LogP contribution in [0.15, 0.2) is 0 Å². The van der Waals surface area contributed by atoms with Gasteiger partial charge in [-0.2, -0.15) is 0 Å². The maximum absolute atomic E-state index is 10.4. The summed E-state index contributed by atoms with van der Waals surface area (Å²) in [6, 6.07) is 0. The number of nitrogens with two attached hydrogens (primary N) is 1. The maximum atomic E-state index is 10.4. The van der Waals surface area contributed by atoms with Gasteiger partial charge < -0.3 is 60.4 Å². The van der Waals surface area contributed by atoms with Crippen molar-refractivity contribution in [2.24, 2.45) is 5.73 Å². The van der Waals surface area contributed by atoms with Crippen LogP contribution in [0.2, 0.25) is 0 Å². The first-order valence-corrected chi connectivity index (χ1v) is 9.75. The lowest BCUT2D eigenvalue weighted by atomic mass is 9.97. The second-order valence-corrected chi connectivity index (χ2v) is 7.22. The Balaban J connectivity index is 1.98. The number of ether oxygens (including phenoxy) is 4. The minimum Gasteiger partial charge on any atom is -0.394 e. The van der Waals surface area contributed by atoms with E-state index in [0.29, 0.717) is 13.0 Å². The molecule has 0 aromatic rings. The van der Waals surface area contributed by atoms with Gasteiger partial charge >= 0.3 is 0 Å². The fourth-order valence-electron chi connectivity index (χ4n) is 3.32. The third-order valence-electron chi connectivity index (χ3n) is 5.09. The van der Waals surface area contributed by atoms with Crippen LogP contribution in [0.3, 0.4) is 0 Å². The number of hydrogen-bond donors (Lipinski definition) is 8. The Kier molecular flexibility index (Phi) is 10.1. The van der Waals surface area contributed by atoms with Gasteiger partial charge in [0, 0.05) is 6.61 Å². The average Bonchev–Trinajstić information content (AvgIpc) is 2.72. The van der Waals surface area contributed by atoms with E-state index < -0.39 is 74.6 Å². The van der Waals surface area contributed by atoms with Crippen molar-refractivity contribution in [2.45, 2.75) is 80.7 Å². The molecule has 9 N–H and O–H groups in total. The molecule has 2 heterocycles. The van der Waals surface area contributed by atoms with E-state index in [1.807, 2.05) is 0 Å². The summed E-state index contributed by atoms with van der Waals surface area (Å²) >= 11 is 0. The molecular formula is C17H33NO11. The van der Waals surface area contributed by atoms with Crippen LogP contribution in [0.1, 0.15) is 19.3 Å². The van der Waals surface area contributed by atoms with Crippen molar-refractivity contribution in [3.8, 4) is 0 Å². The van der Waals surface area contributed by atoms with E-state index in [0.717, 1.165) is 12.8 Å². The first kappa shape index (κ1) is 24.8. The van der Waals surface area contributed by atoms with Crippen molar-refractivity contribution in [3.05, 3.63) is 0 Å². The van der Waals surface area contributed by atoms with Crippen molar-refractivity contribution in [3.63, 3.8) is 0 Å². The van der Waals surface area contributed by atoms with Crippen LogP contribution in [0.5, 0.6) is 0 Å². The first-order chi connectivity index (χ1) is 13.8. The molecule has 2 fully saturated rings. The lowest BCUT2D eigenvalue weighted by Gasteiger charge is -2.45. The quantitative estimate of drug-likeness (QED) is 0.156. The van der Waals surface area contributed by atoms with Gasteiger partial charge in [0.15, 0.2) is 12.6 Å². The smallest absolute Gasteiger partial charge is 0.187 e. The van der Waals surface area contributed by atoms with E-state index in [1.54, 1.807) is 0 Å². The summed E-state index contributed by atoms with van der Waals surface area (Å²) in [4.78, 5) is 0. The second kappa shape index (κ2) is 11.8. The molecule has 12 heteroatoms. The molecule has 0 aliphatic carbocycles. The normalized spacial score (nSPS) is 43.4. The average molecular weight is 427 g/mol. The van der Waals surface area contributed by atoms with Crippen LogP contribution in [-0.4, -0.2) is 124 Å². The fraction of sp³-hybridized carbons (Fsp3) is 1.00. The predicted octanol–water partition coefficient (Wildman–Crippen LogP) is -4.24. The summed E-state index contributed by atoms with van der Waals surface area (Å²) in [7, 11) is 0. The highest BCUT2D eigenvalue weighted by Crippen LogP contribution is 2.29. The summed E-state index contributed by atoms with van der Waals surface area (Å²) in [6.07, 6.45) is -12.1. The van der Waals surface area contributed by atoms with Gasteiger partial charge in [-0.15, -0.1) is 0 Å². The summed E-state index contributed by atoms with van der Waals surface area (Å²) in [6.45, 7) is -0.435. The molecule has 29 heavy (non-hydrogen) atoms. The Labute approximate surface area is 168 Å². The van der Waals surface area contributed by atoms with Gasteiger partial charge in [-0.3, -0.25) is 0 Å². The van der Waals surface area contributed by atoms with Crippen molar-refractivity contribution >= 4 is 0 Å². The van der Waals surface area contributed by atoms with Crippen molar-refractivity contribution in [1.82, 2.24) is 0 Å². The Bertz CT molecular complexity index is 469.